The Morgan fingerprint density at radius 3 is 2.62 bits per heavy atom. The second-order valence-corrected chi connectivity index (χ2v) is 5.59. The number of hydrogen-bond donors (Lipinski definition) is 1. The molecule has 1 N–H and O–H groups in total. The van der Waals surface area contributed by atoms with Gasteiger partial charge in [0, 0.05) is 32.3 Å². The Morgan fingerprint density at radius 1 is 1.25 bits per heavy atom. The molecule has 0 amide bonds. The number of carbonyl (C=O) groups is 2. The van der Waals surface area contributed by atoms with Gasteiger partial charge in [0.15, 0.2) is 5.78 Å². The third-order valence-electron chi connectivity index (χ3n) is 4.04. The largest absolute Gasteiger partial charge is 0.478 e. The molecule has 0 atom stereocenters. The molecule has 2 heterocycles. The van der Waals surface area contributed by atoms with E-state index in [1.807, 2.05) is 0 Å². The van der Waals surface area contributed by atoms with Gasteiger partial charge in [0.25, 0.3) is 5.56 Å². The Bertz CT molecular complexity index is 1020. The first-order valence-corrected chi connectivity index (χ1v) is 7.17. The minimum absolute atomic E-state index is 0.0293. The molecule has 24 heavy (non-hydrogen) atoms. The molecule has 8 nitrogen and oxygen atoms in total. The van der Waals surface area contributed by atoms with Crippen LogP contribution in [0.3, 0.4) is 0 Å². The average molecular weight is 330 g/mol. The normalized spacial score (nSPS) is 15.6. The predicted octanol–water partition coefficient (Wildman–Crippen LogP) is 0.588. The number of carbonyl (C=O) groups excluding carboxylic acids is 1. The predicted molar refractivity (Wildman–Crippen MR) is 83.2 cm³/mol. The van der Waals surface area contributed by atoms with Crippen LogP contribution in [0.4, 0.5) is 0 Å². The molecule has 0 aliphatic heterocycles. The third-order valence-corrected chi connectivity index (χ3v) is 4.04. The fourth-order valence-electron chi connectivity index (χ4n) is 2.77. The van der Waals surface area contributed by atoms with Crippen molar-refractivity contribution in [2.45, 2.75) is 12.8 Å². The van der Waals surface area contributed by atoms with Crippen LogP contribution in [0.5, 0.6) is 0 Å². The summed E-state index contributed by atoms with van der Waals surface area (Å²) >= 11 is 0. The number of carboxylic acids is 1. The zero-order valence-corrected chi connectivity index (χ0v) is 13.0. The smallest absolute Gasteiger partial charge is 0.339 e. The first kappa shape index (κ1) is 15.7. The lowest BCUT2D eigenvalue weighted by atomic mass is 9.88. The molecule has 0 bridgehead atoms. The topological polar surface area (TPSA) is 112 Å². The van der Waals surface area contributed by atoms with E-state index < -0.39 is 23.0 Å². The first-order chi connectivity index (χ1) is 11.3. The van der Waals surface area contributed by atoms with E-state index in [1.54, 1.807) is 0 Å². The summed E-state index contributed by atoms with van der Waals surface area (Å²) in [6.07, 6.45) is 4.51. The summed E-state index contributed by atoms with van der Waals surface area (Å²) in [5.74, 6) is -1.38. The molecule has 0 radical (unpaired) electrons. The van der Waals surface area contributed by atoms with Crippen LogP contribution < -0.4 is 11.2 Å². The highest BCUT2D eigenvalue weighted by Gasteiger charge is 2.31. The minimum atomic E-state index is -1.24. The lowest BCUT2D eigenvalue weighted by Crippen LogP contribution is -2.37. The van der Waals surface area contributed by atoms with Gasteiger partial charge in [-0.15, -0.1) is 0 Å². The standard InChI is InChI=1S/C16H14N2O6/c1-17-6-9(14(20)18(2)16(17)23)5-8-3-4-11-12(13(8)19)10(7-24-11)15(21)22/h5-7H,3-4H2,1-2H3,(H,21,22). The van der Waals surface area contributed by atoms with Gasteiger partial charge in [0.1, 0.15) is 17.6 Å². The number of nitrogens with zero attached hydrogens (tertiary/aromatic N) is 2. The molecular formula is C16H14N2O6. The van der Waals surface area contributed by atoms with Gasteiger partial charge >= 0.3 is 11.7 Å². The van der Waals surface area contributed by atoms with Crippen molar-refractivity contribution in [1.29, 1.82) is 0 Å². The van der Waals surface area contributed by atoms with Gasteiger partial charge in [-0.1, -0.05) is 0 Å². The molecule has 0 spiro atoms. The number of allylic oxidation sites excluding steroid dienone is 1. The van der Waals surface area contributed by atoms with Gasteiger partial charge < -0.3 is 14.1 Å². The van der Waals surface area contributed by atoms with Gasteiger partial charge in [-0.2, -0.15) is 0 Å². The van der Waals surface area contributed by atoms with Crippen molar-refractivity contribution in [3.05, 3.63) is 61.3 Å². The maximum absolute atomic E-state index is 12.6. The van der Waals surface area contributed by atoms with Gasteiger partial charge in [-0.3, -0.25) is 14.2 Å². The summed E-state index contributed by atoms with van der Waals surface area (Å²) in [7, 11) is 2.86. The highest BCUT2D eigenvalue weighted by atomic mass is 16.4. The third kappa shape index (κ3) is 2.32. The maximum Gasteiger partial charge on any atom is 0.339 e. The van der Waals surface area contributed by atoms with Crippen molar-refractivity contribution >= 4 is 17.8 Å². The van der Waals surface area contributed by atoms with E-state index in [9.17, 15) is 19.2 Å². The minimum Gasteiger partial charge on any atom is -0.478 e. The van der Waals surface area contributed by atoms with Crippen LogP contribution in [-0.2, 0) is 20.5 Å². The van der Waals surface area contributed by atoms with E-state index in [4.69, 9.17) is 9.52 Å². The average Bonchev–Trinajstić information content (AvgIpc) is 2.98. The molecular weight excluding hydrogens is 316 g/mol. The summed E-state index contributed by atoms with van der Waals surface area (Å²) < 4.78 is 7.35. The van der Waals surface area contributed by atoms with E-state index >= 15 is 0 Å². The number of furan rings is 1. The number of carboxylic acid groups (broad SMARTS) is 1. The van der Waals surface area contributed by atoms with Crippen molar-refractivity contribution in [1.82, 2.24) is 9.13 Å². The second-order valence-electron chi connectivity index (χ2n) is 5.59. The van der Waals surface area contributed by atoms with E-state index in [2.05, 4.69) is 0 Å². The van der Waals surface area contributed by atoms with Crippen LogP contribution in [0.15, 0.2) is 32.0 Å². The van der Waals surface area contributed by atoms with Crippen LogP contribution in [0.1, 0.15) is 38.5 Å². The number of ketones is 1. The van der Waals surface area contributed by atoms with E-state index in [0.717, 1.165) is 10.8 Å². The van der Waals surface area contributed by atoms with Crippen molar-refractivity contribution in [2.75, 3.05) is 0 Å². The second kappa shape index (κ2) is 5.48. The molecule has 2 aromatic heterocycles. The molecule has 1 aliphatic rings. The quantitative estimate of drug-likeness (QED) is 0.807. The summed E-state index contributed by atoms with van der Waals surface area (Å²) in [4.78, 5) is 47.7. The number of aryl methyl sites for hydroxylation is 2. The number of hydrogen-bond acceptors (Lipinski definition) is 5. The Morgan fingerprint density at radius 2 is 1.96 bits per heavy atom. The highest BCUT2D eigenvalue weighted by Crippen LogP contribution is 2.30. The van der Waals surface area contributed by atoms with Crippen LogP contribution in [0.25, 0.3) is 6.08 Å². The number of Topliss-reactive ketones (excluding diaryl/α,β-unsaturated/α-hetero) is 1. The first-order valence-electron chi connectivity index (χ1n) is 7.17. The van der Waals surface area contributed by atoms with Crippen molar-refractivity contribution in [3.63, 3.8) is 0 Å². The molecule has 124 valence electrons. The zero-order valence-electron chi connectivity index (χ0n) is 13.0. The summed E-state index contributed by atoms with van der Waals surface area (Å²) in [6.45, 7) is 0. The highest BCUT2D eigenvalue weighted by molar-refractivity contribution is 6.17. The number of aromatic carboxylic acids is 1. The maximum atomic E-state index is 12.6. The van der Waals surface area contributed by atoms with Crippen LogP contribution >= 0.6 is 0 Å². The summed E-state index contributed by atoms with van der Waals surface area (Å²) in [6, 6.07) is 0. The fourth-order valence-corrected chi connectivity index (χ4v) is 2.77. The van der Waals surface area contributed by atoms with Crippen molar-refractivity contribution in [2.24, 2.45) is 14.1 Å². The fraction of sp³-hybridized carbons (Fsp3) is 0.250. The van der Waals surface area contributed by atoms with E-state index in [1.165, 1.54) is 30.9 Å². The SMILES string of the molecule is Cn1cc(C=C2CCc3occ(C(=O)O)c3C2=O)c(=O)n(C)c1=O. The number of rotatable bonds is 2. The molecule has 0 saturated heterocycles. The Labute approximate surface area is 135 Å². The van der Waals surface area contributed by atoms with Crippen molar-refractivity contribution < 1.29 is 19.1 Å². The van der Waals surface area contributed by atoms with Crippen LogP contribution in [0.2, 0.25) is 0 Å². The molecule has 0 aromatic carbocycles. The molecule has 8 heteroatoms. The zero-order chi connectivity index (χ0) is 17.6. The Kier molecular flexibility index (Phi) is 3.59. The molecule has 2 aromatic rings. The molecule has 1 aliphatic carbocycles. The van der Waals surface area contributed by atoms with Gasteiger partial charge in [-0.25, -0.2) is 9.59 Å². The van der Waals surface area contributed by atoms with Crippen LogP contribution in [-0.4, -0.2) is 26.0 Å². The summed E-state index contributed by atoms with van der Waals surface area (Å²) in [5, 5.41) is 9.15. The monoisotopic (exact) mass is 330 g/mol. The number of fused-ring (bicyclic) bond motifs is 1. The lowest BCUT2D eigenvalue weighted by Gasteiger charge is -2.13. The molecule has 0 saturated carbocycles. The van der Waals surface area contributed by atoms with Gasteiger partial charge in [-0.05, 0) is 12.5 Å². The Hall–Kier alpha value is -3.16. The summed E-state index contributed by atoms with van der Waals surface area (Å²) in [5.41, 5.74) is -0.651. The molecule has 3 rings (SSSR count). The van der Waals surface area contributed by atoms with Gasteiger partial charge in [0.2, 0.25) is 0 Å². The lowest BCUT2D eigenvalue weighted by molar-refractivity contribution is 0.0692. The van der Waals surface area contributed by atoms with Crippen molar-refractivity contribution in [3.8, 4) is 0 Å². The Balaban J connectivity index is 2.12. The molecule has 0 unspecified atom stereocenters. The number of aromatic nitrogens is 2. The van der Waals surface area contributed by atoms with Crippen LogP contribution in [0, 0.1) is 0 Å². The van der Waals surface area contributed by atoms with E-state index in [0.29, 0.717) is 24.2 Å². The van der Waals surface area contributed by atoms with Gasteiger partial charge in [0.05, 0.1) is 11.1 Å². The molecule has 0 fully saturated rings. The van der Waals surface area contributed by atoms with E-state index in [-0.39, 0.29) is 16.7 Å².